The highest BCUT2D eigenvalue weighted by Gasteiger charge is 2.09. The van der Waals surface area contributed by atoms with Crippen LogP contribution in [-0.2, 0) is 0 Å². The molecule has 2 aromatic carbocycles. The molecule has 0 unspecified atom stereocenters. The quantitative estimate of drug-likeness (QED) is 0.567. The number of anilines is 1. The molecule has 0 radical (unpaired) electrons. The van der Waals surface area contributed by atoms with E-state index >= 15 is 0 Å². The molecule has 0 aliphatic carbocycles. The molecule has 0 aliphatic rings. The van der Waals surface area contributed by atoms with E-state index in [-0.39, 0.29) is 5.56 Å². The van der Waals surface area contributed by atoms with Crippen LogP contribution in [0.5, 0.6) is 5.75 Å². The van der Waals surface area contributed by atoms with Crippen LogP contribution in [0.25, 0.3) is 11.6 Å². The van der Waals surface area contributed by atoms with Crippen molar-refractivity contribution >= 4 is 23.3 Å². The number of nitrogens with zero attached hydrogens (tertiary/aromatic N) is 2. The minimum absolute atomic E-state index is 0.0761. The zero-order valence-corrected chi connectivity index (χ0v) is 15.2. The smallest absolute Gasteiger partial charge is 0.128 e. The average molecular weight is 349 g/mol. The molecule has 2 aromatic rings. The Bertz CT molecular complexity index is 845. The van der Waals surface area contributed by atoms with E-state index in [2.05, 4.69) is 24.8 Å². The lowest BCUT2D eigenvalue weighted by Gasteiger charge is -2.22. The number of carboxylic acid groups (broad SMARTS) is 1. The van der Waals surface area contributed by atoms with Crippen LogP contribution >= 0.6 is 0 Å². The number of rotatable bonds is 7. The number of aromatic carboxylic acids is 1. The van der Waals surface area contributed by atoms with E-state index < -0.39 is 5.97 Å². The van der Waals surface area contributed by atoms with Gasteiger partial charge in [0.05, 0.1) is 24.7 Å². The maximum Gasteiger partial charge on any atom is 0.128 e. The fourth-order valence-corrected chi connectivity index (χ4v) is 2.73. The lowest BCUT2D eigenvalue weighted by molar-refractivity contribution is -0.255. The number of hydrogen-bond donors (Lipinski definition) is 0. The zero-order valence-electron chi connectivity index (χ0n) is 15.2. The maximum absolute atomic E-state index is 10.9. The maximum atomic E-state index is 10.9. The summed E-state index contributed by atoms with van der Waals surface area (Å²) in [7, 11) is 1.60. The van der Waals surface area contributed by atoms with E-state index in [9.17, 15) is 15.2 Å². The Morgan fingerprint density at radius 3 is 2.27 bits per heavy atom. The number of methoxy groups -OCH3 is 1. The molecule has 5 nitrogen and oxygen atoms in total. The van der Waals surface area contributed by atoms with E-state index in [1.54, 1.807) is 25.3 Å². The van der Waals surface area contributed by atoms with E-state index in [0.29, 0.717) is 16.9 Å². The van der Waals surface area contributed by atoms with Crippen LogP contribution in [0.15, 0.2) is 42.5 Å². The first-order valence-electron chi connectivity index (χ1n) is 8.40. The third-order valence-electron chi connectivity index (χ3n) is 4.20. The Labute approximate surface area is 153 Å². The first-order valence-corrected chi connectivity index (χ1v) is 8.40. The van der Waals surface area contributed by atoms with E-state index in [0.717, 1.165) is 24.3 Å². The van der Waals surface area contributed by atoms with Crippen molar-refractivity contribution in [2.45, 2.75) is 13.8 Å². The van der Waals surface area contributed by atoms with Crippen molar-refractivity contribution in [3.05, 3.63) is 59.2 Å². The molecule has 0 heterocycles. The van der Waals surface area contributed by atoms with Gasteiger partial charge in [-0.15, -0.1) is 0 Å². The second kappa shape index (κ2) is 8.72. The fourth-order valence-electron chi connectivity index (χ4n) is 2.73. The molecule has 0 amide bonds. The lowest BCUT2D eigenvalue weighted by Crippen LogP contribution is -2.21. The van der Waals surface area contributed by atoms with Crippen LogP contribution in [0.4, 0.5) is 5.69 Å². The third-order valence-corrected chi connectivity index (χ3v) is 4.20. The number of carbonyl (C=O) groups is 1. The predicted octanol–water partition coefficient (Wildman–Crippen LogP) is 2.97. The largest absolute Gasteiger partial charge is 0.545 e. The van der Waals surface area contributed by atoms with Crippen LogP contribution in [0.1, 0.15) is 35.3 Å². The Morgan fingerprint density at radius 1 is 1.15 bits per heavy atom. The molecule has 0 N–H and O–H groups in total. The molecule has 5 heteroatoms. The standard InChI is InChI=1S/C21H22N2O3/c1-4-23(5-2)19-11-10-17(20(13-19)26-3)12-18(14-22)15-6-8-16(9-7-15)21(24)25/h6-13H,4-5H2,1-3H3,(H,24,25)/p-1/b18-12-. The minimum atomic E-state index is -1.24. The summed E-state index contributed by atoms with van der Waals surface area (Å²) >= 11 is 0. The number of ether oxygens (including phenoxy) is 1. The highest BCUT2D eigenvalue weighted by Crippen LogP contribution is 2.29. The normalized spacial score (nSPS) is 10.9. The SMILES string of the molecule is CCN(CC)c1ccc(/C=C(/C#N)c2ccc(C(=O)[O-])cc2)c(OC)c1. The van der Waals surface area contributed by atoms with Crippen molar-refractivity contribution in [1.29, 1.82) is 5.26 Å². The van der Waals surface area contributed by atoms with Crippen molar-refractivity contribution in [2.24, 2.45) is 0 Å². The zero-order chi connectivity index (χ0) is 19.1. The first kappa shape index (κ1) is 19.1. The molecule has 2 rings (SSSR count). The summed E-state index contributed by atoms with van der Waals surface area (Å²) in [4.78, 5) is 13.1. The third kappa shape index (κ3) is 4.22. The molecule has 0 saturated carbocycles. The van der Waals surface area contributed by atoms with Crippen molar-refractivity contribution < 1.29 is 14.6 Å². The van der Waals surface area contributed by atoms with Gasteiger partial charge in [0, 0.05) is 30.4 Å². The molecular formula is C21H21N2O3-. The first-order chi connectivity index (χ1) is 12.5. The summed E-state index contributed by atoms with van der Waals surface area (Å²) in [6.07, 6.45) is 1.73. The van der Waals surface area contributed by atoms with E-state index in [4.69, 9.17) is 4.74 Å². The average Bonchev–Trinajstić information content (AvgIpc) is 2.67. The van der Waals surface area contributed by atoms with Crippen molar-refractivity contribution in [1.82, 2.24) is 0 Å². The van der Waals surface area contributed by atoms with Gasteiger partial charge in [-0.3, -0.25) is 0 Å². The molecule has 0 saturated heterocycles. The van der Waals surface area contributed by atoms with Gasteiger partial charge in [-0.05, 0) is 43.2 Å². The Hall–Kier alpha value is -3.26. The number of benzene rings is 2. The molecule has 0 aromatic heterocycles. The van der Waals surface area contributed by atoms with Crippen molar-refractivity contribution in [3.8, 4) is 11.8 Å². The highest BCUT2D eigenvalue weighted by atomic mass is 16.5. The van der Waals surface area contributed by atoms with Crippen LogP contribution in [0, 0.1) is 11.3 Å². The second-order valence-corrected chi connectivity index (χ2v) is 5.63. The topological polar surface area (TPSA) is 76.4 Å². The summed E-state index contributed by atoms with van der Waals surface area (Å²) < 4.78 is 5.49. The van der Waals surface area contributed by atoms with Crippen LogP contribution in [0.3, 0.4) is 0 Å². The Balaban J connectivity index is 2.42. The Kier molecular flexibility index (Phi) is 6.40. The summed E-state index contributed by atoms with van der Waals surface area (Å²) in [6.45, 7) is 5.97. The van der Waals surface area contributed by atoms with E-state index in [1.807, 2.05) is 18.2 Å². The highest BCUT2D eigenvalue weighted by molar-refractivity contribution is 5.92. The predicted molar refractivity (Wildman–Crippen MR) is 101 cm³/mol. The van der Waals surface area contributed by atoms with Gasteiger partial charge in [-0.2, -0.15) is 5.26 Å². The molecule has 0 fully saturated rings. The van der Waals surface area contributed by atoms with Crippen molar-refractivity contribution in [2.75, 3.05) is 25.1 Å². The van der Waals surface area contributed by atoms with Gasteiger partial charge in [-0.25, -0.2) is 0 Å². The van der Waals surface area contributed by atoms with Gasteiger partial charge in [-0.1, -0.05) is 24.3 Å². The molecular weight excluding hydrogens is 328 g/mol. The van der Waals surface area contributed by atoms with Gasteiger partial charge in [0.15, 0.2) is 0 Å². The molecule has 0 spiro atoms. The minimum Gasteiger partial charge on any atom is -0.545 e. The number of nitriles is 1. The van der Waals surface area contributed by atoms with Crippen LogP contribution < -0.4 is 14.7 Å². The van der Waals surface area contributed by atoms with Crippen molar-refractivity contribution in [3.63, 3.8) is 0 Å². The summed E-state index contributed by atoms with van der Waals surface area (Å²) in [6, 6.07) is 14.1. The van der Waals surface area contributed by atoms with Gasteiger partial charge in [0.25, 0.3) is 0 Å². The molecule has 26 heavy (non-hydrogen) atoms. The molecule has 0 bridgehead atoms. The van der Waals surface area contributed by atoms with Crippen LogP contribution in [-0.4, -0.2) is 26.2 Å². The number of hydrogen-bond acceptors (Lipinski definition) is 5. The molecule has 134 valence electrons. The summed E-state index contributed by atoms with van der Waals surface area (Å²) in [5, 5.41) is 20.4. The van der Waals surface area contributed by atoms with Gasteiger partial charge >= 0.3 is 0 Å². The number of allylic oxidation sites excluding steroid dienone is 1. The number of carbonyl (C=O) groups excluding carboxylic acids is 1. The Morgan fingerprint density at radius 2 is 1.77 bits per heavy atom. The van der Waals surface area contributed by atoms with Gasteiger partial charge in [0.2, 0.25) is 0 Å². The van der Waals surface area contributed by atoms with E-state index in [1.165, 1.54) is 12.1 Å². The molecule has 0 aliphatic heterocycles. The monoisotopic (exact) mass is 349 g/mol. The number of carboxylic acids is 1. The van der Waals surface area contributed by atoms with Crippen LogP contribution in [0.2, 0.25) is 0 Å². The van der Waals surface area contributed by atoms with Gasteiger partial charge < -0.3 is 19.5 Å². The van der Waals surface area contributed by atoms with Gasteiger partial charge in [0.1, 0.15) is 5.75 Å². The summed E-state index contributed by atoms with van der Waals surface area (Å²) in [5.41, 5.74) is 2.97. The molecule has 0 atom stereocenters. The summed E-state index contributed by atoms with van der Waals surface area (Å²) in [5.74, 6) is -0.568. The lowest BCUT2D eigenvalue weighted by atomic mass is 10.0. The second-order valence-electron chi connectivity index (χ2n) is 5.63. The fraction of sp³-hybridized carbons (Fsp3) is 0.238.